The second kappa shape index (κ2) is 7.44. The fourth-order valence-electron chi connectivity index (χ4n) is 3.00. The lowest BCUT2D eigenvalue weighted by Gasteiger charge is -2.16. The summed E-state index contributed by atoms with van der Waals surface area (Å²) in [5.41, 5.74) is 1.02. The summed E-state index contributed by atoms with van der Waals surface area (Å²) in [5.74, 6) is -0.309. The van der Waals surface area contributed by atoms with E-state index in [2.05, 4.69) is 6.92 Å². The summed E-state index contributed by atoms with van der Waals surface area (Å²) < 4.78 is 0. The fraction of sp³-hybridized carbons (Fsp3) is 0.588. The Morgan fingerprint density at radius 1 is 1.15 bits per heavy atom. The van der Waals surface area contributed by atoms with E-state index >= 15 is 0 Å². The van der Waals surface area contributed by atoms with Crippen molar-refractivity contribution >= 4 is 5.91 Å². The van der Waals surface area contributed by atoms with Gasteiger partial charge < -0.3 is 0 Å². The second-order valence-electron chi connectivity index (χ2n) is 5.74. The minimum Gasteiger partial charge on any atom is -0.286 e. The molecule has 0 radical (unpaired) electrons. The first-order valence-electron chi connectivity index (χ1n) is 7.81. The van der Waals surface area contributed by atoms with Crippen LogP contribution in [0.4, 0.5) is 0 Å². The minimum absolute atomic E-state index is 0.00525. The number of nitrogens with zero attached hydrogens (tertiary/aromatic N) is 1. The van der Waals surface area contributed by atoms with Crippen LogP contribution in [0.25, 0.3) is 0 Å². The Kier molecular flexibility index (Phi) is 5.60. The van der Waals surface area contributed by atoms with E-state index in [9.17, 15) is 10.0 Å². The third-order valence-electron chi connectivity index (χ3n) is 4.22. The molecule has 110 valence electrons. The maximum atomic E-state index is 12.1. The largest absolute Gasteiger partial charge is 0.286 e. The van der Waals surface area contributed by atoms with Crippen molar-refractivity contribution in [1.29, 1.82) is 0 Å². The van der Waals surface area contributed by atoms with Gasteiger partial charge in [0.1, 0.15) is 0 Å². The van der Waals surface area contributed by atoms with Gasteiger partial charge in [-0.1, -0.05) is 69.4 Å². The van der Waals surface area contributed by atoms with Crippen LogP contribution in [0.1, 0.15) is 63.4 Å². The van der Waals surface area contributed by atoms with Gasteiger partial charge in [0, 0.05) is 0 Å². The highest BCUT2D eigenvalue weighted by Gasteiger charge is 2.39. The molecule has 0 unspecified atom stereocenters. The van der Waals surface area contributed by atoms with Crippen LogP contribution in [-0.4, -0.2) is 22.2 Å². The molecule has 3 nitrogen and oxygen atoms in total. The molecule has 0 saturated carbocycles. The summed E-state index contributed by atoms with van der Waals surface area (Å²) in [4.78, 5) is 12.1. The Balaban J connectivity index is 1.86. The van der Waals surface area contributed by atoms with Crippen molar-refractivity contribution < 1.29 is 10.0 Å². The molecule has 1 aliphatic heterocycles. The first-order chi connectivity index (χ1) is 9.74. The molecule has 1 aromatic rings. The summed E-state index contributed by atoms with van der Waals surface area (Å²) >= 11 is 0. The lowest BCUT2D eigenvalue weighted by molar-refractivity contribution is -0.166. The molecule has 3 heteroatoms. The van der Waals surface area contributed by atoms with E-state index < -0.39 is 0 Å². The highest BCUT2D eigenvalue weighted by molar-refractivity contribution is 5.85. The number of hydrogen-bond acceptors (Lipinski definition) is 2. The van der Waals surface area contributed by atoms with E-state index in [0.29, 0.717) is 0 Å². The minimum atomic E-state index is -0.165. The SMILES string of the molecule is CCCCCCC[C@H]1C[C@@H](c2ccccc2)C(=O)N1O. The Morgan fingerprint density at radius 3 is 2.55 bits per heavy atom. The van der Waals surface area contributed by atoms with E-state index in [1.54, 1.807) is 0 Å². The van der Waals surface area contributed by atoms with Gasteiger partial charge in [-0.25, -0.2) is 5.06 Å². The number of amides is 1. The van der Waals surface area contributed by atoms with Gasteiger partial charge in [0.15, 0.2) is 0 Å². The van der Waals surface area contributed by atoms with Crippen LogP contribution in [0, 0.1) is 0 Å². The molecule has 0 spiro atoms. The topological polar surface area (TPSA) is 40.5 Å². The Morgan fingerprint density at radius 2 is 1.85 bits per heavy atom. The zero-order valence-corrected chi connectivity index (χ0v) is 12.3. The third kappa shape index (κ3) is 3.60. The van der Waals surface area contributed by atoms with Gasteiger partial charge in [0.05, 0.1) is 12.0 Å². The van der Waals surface area contributed by atoms with Crippen molar-refractivity contribution in [3.63, 3.8) is 0 Å². The fourth-order valence-corrected chi connectivity index (χ4v) is 3.00. The molecule has 0 bridgehead atoms. The molecule has 1 saturated heterocycles. The lowest BCUT2D eigenvalue weighted by Crippen LogP contribution is -2.30. The molecule has 1 aromatic carbocycles. The number of carbonyl (C=O) groups excluding carboxylic acids is 1. The number of benzene rings is 1. The van der Waals surface area contributed by atoms with Crippen molar-refractivity contribution in [2.24, 2.45) is 0 Å². The summed E-state index contributed by atoms with van der Waals surface area (Å²) in [6.07, 6.45) is 7.72. The summed E-state index contributed by atoms with van der Waals surface area (Å²) in [6, 6.07) is 9.78. The van der Waals surface area contributed by atoms with Gasteiger partial charge in [0.2, 0.25) is 0 Å². The Bertz CT molecular complexity index is 418. The maximum absolute atomic E-state index is 12.1. The Hall–Kier alpha value is -1.35. The predicted molar refractivity (Wildman–Crippen MR) is 79.6 cm³/mol. The first-order valence-corrected chi connectivity index (χ1v) is 7.81. The van der Waals surface area contributed by atoms with Crippen LogP contribution in [0.3, 0.4) is 0 Å². The molecule has 2 rings (SSSR count). The van der Waals surface area contributed by atoms with E-state index in [0.717, 1.165) is 29.9 Å². The highest BCUT2D eigenvalue weighted by Crippen LogP contribution is 2.33. The van der Waals surface area contributed by atoms with E-state index in [1.165, 1.54) is 25.7 Å². The molecule has 1 heterocycles. The van der Waals surface area contributed by atoms with Crippen LogP contribution >= 0.6 is 0 Å². The van der Waals surface area contributed by atoms with Gasteiger partial charge in [-0.15, -0.1) is 0 Å². The van der Waals surface area contributed by atoms with E-state index in [1.807, 2.05) is 30.3 Å². The second-order valence-corrected chi connectivity index (χ2v) is 5.74. The van der Waals surface area contributed by atoms with Crippen molar-refractivity contribution in [3.8, 4) is 0 Å². The van der Waals surface area contributed by atoms with Gasteiger partial charge >= 0.3 is 0 Å². The van der Waals surface area contributed by atoms with Crippen LogP contribution in [0.15, 0.2) is 30.3 Å². The van der Waals surface area contributed by atoms with Crippen molar-refractivity contribution in [3.05, 3.63) is 35.9 Å². The molecule has 1 N–H and O–H groups in total. The predicted octanol–water partition coefficient (Wildman–Crippen LogP) is 4.12. The average molecular weight is 275 g/mol. The van der Waals surface area contributed by atoms with E-state index in [-0.39, 0.29) is 17.9 Å². The highest BCUT2D eigenvalue weighted by atomic mass is 16.5. The maximum Gasteiger partial charge on any atom is 0.253 e. The monoisotopic (exact) mass is 275 g/mol. The van der Waals surface area contributed by atoms with Gasteiger partial charge in [-0.2, -0.15) is 0 Å². The Labute approximate surface area is 121 Å². The van der Waals surface area contributed by atoms with Crippen LogP contribution in [0.2, 0.25) is 0 Å². The zero-order chi connectivity index (χ0) is 14.4. The van der Waals surface area contributed by atoms with Crippen molar-refractivity contribution in [2.45, 2.75) is 63.8 Å². The third-order valence-corrected chi connectivity index (χ3v) is 4.22. The first kappa shape index (κ1) is 15.0. The summed E-state index contributed by atoms with van der Waals surface area (Å²) in [6.45, 7) is 2.20. The number of carbonyl (C=O) groups is 1. The quantitative estimate of drug-likeness (QED) is 0.600. The van der Waals surface area contributed by atoms with Gasteiger partial charge in [-0.05, 0) is 18.4 Å². The normalized spacial score (nSPS) is 22.5. The van der Waals surface area contributed by atoms with Crippen molar-refractivity contribution in [2.75, 3.05) is 0 Å². The van der Waals surface area contributed by atoms with Crippen LogP contribution in [-0.2, 0) is 4.79 Å². The molecule has 0 aromatic heterocycles. The van der Waals surface area contributed by atoms with Crippen LogP contribution in [0.5, 0.6) is 0 Å². The molecular weight excluding hydrogens is 250 g/mol. The van der Waals surface area contributed by atoms with Crippen molar-refractivity contribution in [1.82, 2.24) is 5.06 Å². The molecular formula is C17H25NO2. The zero-order valence-electron chi connectivity index (χ0n) is 12.3. The summed E-state index contributed by atoms with van der Waals surface area (Å²) in [7, 11) is 0. The standard InChI is InChI=1S/C17H25NO2/c1-2-3-4-5-9-12-15-13-16(17(19)18(15)20)14-10-7-6-8-11-14/h6-8,10-11,15-16,20H,2-5,9,12-13H2,1H3/t15-,16-/m0/s1. The lowest BCUT2D eigenvalue weighted by atomic mass is 9.94. The van der Waals surface area contributed by atoms with E-state index in [4.69, 9.17) is 0 Å². The number of hydroxylamine groups is 2. The van der Waals surface area contributed by atoms with Gasteiger partial charge in [-0.3, -0.25) is 10.0 Å². The average Bonchev–Trinajstić information content (AvgIpc) is 2.76. The molecule has 20 heavy (non-hydrogen) atoms. The summed E-state index contributed by atoms with van der Waals surface area (Å²) in [5, 5.41) is 11.0. The van der Waals surface area contributed by atoms with Gasteiger partial charge in [0.25, 0.3) is 5.91 Å². The molecule has 1 aliphatic rings. The molecule has 2 atom stereocenters. The number of rotatable bonds is 7. The molecule has 1 fully saturated rings. The molecule has 1 amide bonds. The number of unbranched alkanes of at least 4 members (excludes halogenated alkanes) is 4. The number of hydrogen-bond donors (Lipinski definition) is 1. The smallest absolute Gasteiger partial charge is 0.253 e. The molecule has 0 aliphatic carbocycles. The van der Waals surface area contributed by atoms with Crippen LogP contribution < -0.4 is 0 Å².